The fourth-order valence-corrected chi connectivity index (χ4v) is 2.71. The average Bonchev–Trinajstić information content (AvgIpc) is 2.70. The van der Waals surface area contributed by atoms with Gasteiger partial charge in [-0.15, -0.1) is 0 Å². The molecule has 0 atom stereocenters. The van der Waals surface area contributed by atoms with E-state index in [0.717, 1.165) is 16.9 Å². The molecule has 1 amide bonds. The van der Waals surface area contributed by atoms with Crippen LogP contribution in [-0.2, 0) is 4.79 Å². The van der Waals surface area contributed by atoms with Crippen molar-refractivity contribution in [2.24, 2.45) is 0 Å². The number of para-hydroxylation sites is 2. The summed E-state index contributed by atoms with van der Waals surface area (Å²) in [5.41, 5.74) is 4.24. The third-order valence-electron chi connectivity index (χ3n) is 4.12. The molecule has 0 aliphatic carbocycles. The number of aromatic nitrogens is 1. The molecule has 144 valence electrons. The van der Waals surface area contributed by atoms with E-state index >= 15 is 0 Å². The van der Waals surface area contributed by atoms with Crippen molar-refractivity contribution < 1.29 is 14.3 Å². The number of ether oxygens (including phenoxy) is 2. The summed E-state index contributed by atoms with van der Waals surface area (Å²) >= 11 is 0. The van der Waals surface area contributed by atoms with E-state index in [2.05, 4.69) is 41.6 Å². The van der Waals surface area contributed by atoms with E-state index in [-0.39, 0.29) is 12.5 Å². The Hall–Kier alpha value is -3.54. The minimum Gasteiger partial charge on any atom is -0.493 e. The Morgan fingerprint density at radius 3 is 2.50 bits per heavy atom. The van der Waals surface area contributed by atoms with Gasteiger partial charge in [0.1, 0.15) is 5.82 Å². The molecule has 6 heteroatoms. The predicted molar refractivity (Wildman–Crippen MR) is 111 cm³/mol. The molecule has 0 radical (unpaired) electrons. The maximum Gasteiger partial charge on any atom is 0.263 e. The SMILES string of the molecule is COc1ccccc1OCC(=O)Nc1ccc(Nc2ccc(C)cc2C)cn1. The fourth-order valence-electron chi connectivity index (χ4n) is 2.71. The Labute approximate surface area is 164 Å². The molecule has 28 heavy (non-hydrogen) atoms. The van der Waals surface area contributed by atoms with E-state index in [1.165, 1.54) is 5.56 Å². The van der Waals surface area contributed by atoms with Gasteiger partial charge in [0.05, 0.1) is 19.0 Å². The van der Waals surface area contributed by atoms with Crippen LogP contribution in [0.5, 0.6) is 11.5 Å². The van der Waals surface area contributed by atoms with Crippen LogP contribution in [0.1, 0.15) is 11.1 Å². The monoisotopic (exact) mass is 377 g/mol. The highest BCUT2D eigenvalue weighted by molar-refractivity contribution is 5.91. The van der Waals surface area contributed by atoms with Gasteiger partial charge in [-0.05, 0) is 49.7 Å². The van der Waals surface area contributed by atoms with Crippen LogP contribution in [0.2, 0.25) is 0 Å². The predicted octanol–water partition coefficient (Wildman–Crippen LogP) is 4.47. The van der Waals surface area contributed by atoms with Gasteiger partial charge in [-0.25, -0.2) is 4.98 Å². The highest BCUT2D eigenvalue weighted by Crippen LogP contribution is 2.25. The molecule has 0 bridgehead atoms. The first-order valence-electron chi connectivity index (χ1n) is 8.91. The van der Waals surface area contributed by atoms with E-state index in [1.807, 2.05) is 24.3 Å². The zero-order chi connectivity index (χ0) is 19.9. The van der Waals surface area contributed by atoms with E-state index in [9.17, 15) is 4.79 Å². The average molecular weight is 377 g/mol. The molecule has 1 heterocycles. The van der Waals surface area contributed by atoms with Crippen LogP contribution >= 0.6 is 0 Å². The largest absolute Gasteiger partial charge is 0.493 e. The minimum atomic E-state index is -0.298. The Morgan fingerprint density at radius 2 is 1.82 bits per heavy atom. The Balaban J connectivity index is 1.55. The second-order valence-corrected chi connectivity index (χ2v) is 6.36. The van der Waals surface area contributed by atoms with Gasteiger partial charge in [-0.2, -0.15) is 0 Å². The Morgan fingerprint density at radius 1 is 1.04 bits per heavy atom. The first-order chi connectivity index (χ1) is 13.5. The zero-order valence-electron chi connectivity index (χ0n) is 16.2. The van der Waals surface area contributed by atoms with Crippen LogP contribution in [0.3, 0.4) is 0 Å². The second kappa shape index (κ2) is 8.90. The van der Waals surface area contributed by atoms with E-state index in [0.29, 0.717) is 17.3 Å². The number of rotatable bonds is 7. The van der Waals surface area contributed by atoms with E-state index in [4.69, 9.17) is 9.47 Å². The normalized spacial score (nSPS) is 10.2. The first-order valence-corrected chi connectivity index (χ1v) is 8.91. The van der Waals surface area contributed by atoms with Gasteiger partial charge in [0, 0.05) is 5.69 Å². The van der Waals surface area contributed by atoms with Crippen molar-refractivity contribution >= 4 is 23.1 Å². The zero-order valence-corrected chi connectivity index (χ0v) is 16.2. The molecule has 0 unspecified atom stereocenters. The summed E-state index contributed by atoms with van der Waals surface area (Å²) in [5, 5.41) is 6.04. The van der Waals surface area contributed by atoms with Crippen molar-refractivity contribution in [3.63, 3.8) is 0 Å². The van der Waals surface area contributed by atoms with E-state index < -0.39 is 0 Å². The molecule has 0 aliphatic rings. The minimum absolute atomic E-state index is 0.134. The highest BCUT2D eigenvalue weighted by atomic mass is 16.5. The lowest BCUT2D eigenvalue weighted by atomic mass is 10.1. The summed E-state index contributed by atoms with van der Waals surface area (Å²) in [6.07, 6.45) is 1.68. The van der Waals surface area contributed by atoms with Gasteiger partial charge >= 0.3 is 0 Å². The molecule has 1 aromatic heterocycles. The van der Waals surface area contributed by atoms with Gasteiger partial charge < -0.3 is 20.1 Å². The molecular weight excluding hydrogens is 354 g/mol. The van der Waals surface area contributed by atoms with Crippen molar-refractivity contribution in [1.29, 1.82) is 0 Å². The Kier molecular flexibility index (Phi) is 6.11. The number of hydrogen-bond acceptors (Lipinski definition) is 5. The molecule has 2 aromatic carbocycles. The number of carbonyl (C=O) groups excluding carboxylic acids is 1. The van der Waals surface area contributed by atoms with Crippen LogP contribution in [-0.4, -0.2) is 24.6 Å². The molecule has 0 spiro atoms. The summed E-state index contributed by atoms with van der Waals surface area (Å²) in [7, 11) is 1.56. The van der Waals surface area contributed by atoms with Crippen LogP contribution in [0, 0.1) is 13.8 Å². The van der Waals surface area contributed by atoms with Gasteiger partial charge in [0.25, 0.3) is 5.91 Å². The van der Waals surface area contributed by atoms with Crippen LogP contribution in [0.25, 0.3) is 0 Å². The number of methoxy groups -OCH3 is 1. The molecule has 3 aromatic rings. The van der Waals surface area contributed by atoms with Gasteiger partial charge in [-0.3, -0.25) is 4.79 Å². The highest BCUT2D eigenvalue weighted by Gasteiger charge is 2.08. The molecule has 0 fully saturated rings. The first kappa shape index (κ1) is 19.2. The van der Waals surface area contributed by atoms with Gasteiger partial charge in [-0.1, -0.05) is 29.8 Å². The van der Waals surface area contributed by atoms with Crippen LogP contribution < -0.4 is 20.1 Å². The number of anilines is 3. The lowest BCUT2D eigenvalue weighted by Crippen LogP contribution is -2.20. The topological polar surface area (TPSA) is 72.5 Å². The lowest BCUT2D eigenvalue weighted by molar-refractivity contribution is -0.118. The molecular formula is C22H23N3O3. The van der Waals surface area contributed by atoms with Crippen molar-refractivity contribution in [3.8, 4) is 11.5 Å². The maximum atomic E-state index is 12.1. The van der Waals surface area contributed by atoms with Crippen LogP contribution in [0.4, 0.5) is 17.2 Å². The third-order valence-corrected chi connectivity index (χ3v) is 4.12. The number of nitrogens with one attached hydrogen (secondary N) is 2. The van der Waals surface area contributed by atoms with Gasteiger partial charge in [0.15, 0.2) is 18.1 Å². The molecule has 2 N–H and O–H groups in total. The fraction of sp³-hybridized carbons (Fsp3) is 0.182. The van der Waals surface area contributed by atoms with Gasteiger partial charge in [0.2, 0.25) is 0 Å². The number of hydrogen-bond donors (Lipinski definition) is 2. The van der Waals surface area contributed by atoms with E-state index in [1.54, 1.807) is 31.5 Å². The number of pyridine rings is 1. The maximum absolute atomic E-state index is 12.1. The van der Waals surface area contributed by atoms with Crippen molar-refractivity contribution in [2.75, 3.05) is 24.4 Å². The Bertz CT molecular complexity index is 955. The van der Waals surface area contributed by atoms with Crippen molar-refractivity contribution in [3.05, 3.63) is 71.9 Å². The summed E-state index contributed by atoms with van der Waals surface area (Å²) in [6.45, 7) is 3.98. The smallest absolute Gasteiger partial charge is 0.263 e. The molecule has 0 aliphatic heterocycles. The number of amides is 1. The van der Waals surface area contributed by atoms with Crippen molar-refractivity contribution in [1.82, 2.24) is 4.98 Å². The summed E-state index contributed by atoms with van der Waals surface area (Å²) < 4.78 is 10.7. The number of nitrogens with zero attached hydrogens (tertiary/aromatic N) is 1. The second-order valence-electron chi connectivity index (χ2n) is 6.36. The van der Waals surface area contributed by atoms with Crippen LogP contribution in [0.15, 0.2) is 60.8 Å². The summed E-state index contributed by atoms with van der Waals surface area (Å²) in [6, 6.07) is 17.0. The summed E-state index contributed by atoms with van der Waals surface area (Å²) in [5.74, 6) is 1.25. The summed E-state index contributed by atoms with van der Waals surface area (Å²) in [4.78, 5) is 16.4. The molecule has 0 saturated heterocycles. The third kappa shape index (κ3) is 5.01. The standard InChI is InChI=1S/C22H23N3O3/c1-15-8-10-18(16(2)12-15)24-17-9-11-21(23-13-17)25-22(26)14-28-20-7-5-4-6-19(20)27-3/h4-13,24H,14H2,1-3H3,(H,23,25,26). The number of aryl methyl sites for hydroxylation is 2. The number of carbonyl (C=O) groups is 1. The molecule has 3 rings (SSSR count). The van der Waals surface area contributed by atoms with Crippen molar-refractivity contribution in [2.45, 2.75) is 13.8 Å². The quantitative estimate of drug-likeness (QED) is 0.636. The molecule has 6 nitrogen and oxygen atoms in total. The molecule has 0 saturated carbocycles. The lowest BCUT2D eigenvalue weighted by Gasteiger charge is -2.12. The number of benzene rings is 2.